The molecule has 1 saturated heterocycles. The van der Waals surface area contributed by atoms with Crippen LogP contribution in [0.5, 0.6) is 0 Å². The lowest BCUT2D eigenvalue weighted by Crippen LogP contribution is -2.44. The number of carbonyl (C=O) groups excluding carboxylic acids is 1. The Bertz CT molecular complexity index is 609. The number of likely N-dealkylation sites (N-methyl/N-ethyl adjacent to an activating group) is 1. The zero-order chi connectivity index (χ0) is 13.4. The zero-order valence-corrected chi connectivity index (χ0v) is 11.5. The highest BCUT2D eigenvalue weighted by atomic mass is 16.1. The number of aldehydes is 1. The van der Waals surface area contributed by atoms with Gasteiger partial charge in [0.2, 0.25) is 0 Å². The van der Waals surface area contributed by atoms with Crippen LogP contribution in [0, 0.1) is 0 Å². The van der Waals surface area contributed by atoms with Crippen LogP contribution >= 0.6 is 0 Å². The SMILES string of the molecule is CN1CCN(c2cccc3cc(C=O)n(C)c23)CC1. The van der Waals surface area contributed by atoms with Gasteiger partial charge in [0.15, 0.2) is 6.29 Å². The number of aryl methyl sites for hydroxylation is 1. The van der Waals surface area contributed by atoms with E-state index in [-0.39, 0.29) is 0 Å². The lowest BCUT2D eigenvalue weighted by atomic mass is 10.2. The van der Waals surface area contributed by atoms with Crippen molar-refractivity contribution in [3.05, 3.63) is 30.0 Å². The first kappa shape index (κ1) is 12.2. The highest BCUT2D eigenvalue weighted by Crippen LogP contribution is 2.29. The second-order valence-corrected chi connectivity index (χ2v) is 5.25. The van der Waals surface area contributed by atoms with E-state index < -0.39 is 0 Å². The van der Waals surface area contributed by atoms with Crippen LogP contribution in [0.25, 0.3) is 10.9 Å². The van der Waals surface area contributed by atoms with Crippen molar-refractivity contribution < 1.29 is 4.79 Å². The molecule has 1 aromatic heterocycles. The van der Waals surface area contributed by atoms with Gasteiger partial charge in [-0.15, -0.1) is 0 Å². The number of hydrogen-bond acceptors (Lipinski definition) is 3. The first-order valence-electron chi connectivity index (χ1n) is 6.68. The fourth-order valence-corrected chi connectivity index (χ4v) is 2.83. The Hall–Kier alpha value is -1.81. The summed E-state index contributed by atoms with van der Waals surface area (Å²) < 4.78 is 2.00. The van der Waals surface area contributed by atoms with Gasteiger partial charge in [-0.3, -0.25) is 4.79 Å². The fraction of sp³-hybridized carbons (Fsp3) is 0.400. The minimum atomic E-state index is 0.733. The minimum Gasteiger partial charge on any atom is -0.367 e. The Morgan fingerprint density at radius 3 is 2.53 bits per heavy atom. The second kappa shape index (κ2) is 4.70. The fourth-order valence-electron chi connectivity index (χ4n) is 2.83. The summed E-state index contributed by atoms with van der Waals surface area (Å²) in [5.41, 5.74) is 3.13. The molecule has 4 heteroatoms. The van der Waals surface area contributed by atoms with Gasteiger partial charge >= 0.3 is 0 Å². The largest absolute Gasteiger partial charge is 0.367 e. The summed E-state index contributed by atoms with van der Waals surface area (Å²) in [6, 6.07) is 8.26. The predicted molar refractivity (Wildman–Crippen MR) is 78.0 cm³/mol. The summed E-state index contributed by atoms with van der Waals surface area (Å²) in [5, 5.41) is 1.14. The number of anilines is 1. The molecule has 0 unspecified atom stereocenters. The molecule has 0 N–H and O–H groups in total. The van der Waals surface area contributed by atoms with Crippen molar-refractivity contribution in [2.24, 2.45) is 7.05 Å². The van der Waals surface area contributed by atoms with Gasteiger partial charge in [-0.1, -0.05) is 12.1 Å². The van der Waals surface area contributed by atoms with Crippen molar-refractivity contribution in [3.8, 4) is 0 Å². The lowest BCUT2D eigenvalue weighted by Gasteiger charge is -2.34. The van der Waals surface area contributed by atoms with E-state index in [0.29, 0.717) is 0 Å². The van der Waals surface area contributed by atoms with Crippen LogP contribution in [0.15, 0.2) is 24.3 Å². The Balaban J connectivity index is 2.08. The monoisotopic (exact) mass is 257 g/mol. The van der Waals surface area contributed by atoms with E-state index in [1.54, 1.807) is 0 Å². The number of fused-ring (bicyclic) bond motifs is 1. The van der Waals surface area contributed by atoms with Crippen molar-refractivity contribution in [2.75, 3.05) is 38.1 Å². The molecule has 2 aromatic rings. The number of nitrogens with zero attached hydrogens (tertiary/aromatic N) is 3. The molecule has 0 saturated carbocycles. The van der Waals surface area contributed by atoms with Gasteiger partial charge in [-0.2, -0.15) is 0 Å². The van der Waals surface area contributed by atoms with E-state index in [0.717, 1.165) is 49.1 Å². The minimum absolute atomic E-state index is 0.733. The standard InChI is InChI=1S/C15H19N3O/c1-16-6-8-18(9-7-16)14-5-3-4-12-10-13(11-19)17(2)15(12)14/h3-5,10-11H,6-9H2,1-2H3. The number of para-hydroxylation sites is 1. The quantitative estimate of drug-likeness (QED) is 0.767. The number of rotatable bonds is 2. The summed E-state index contributed by atoms with van der Waals surface area (Å²) in [5.74, 6) is 0. The number of hydrogen-bond donors (Lipinski definition) is 0. The van der Waals surface area contributed by atoms with Gasteiger partial charge in [-0.05, 0) is 19.2 Å². The van der Waals surface area contributed by atoms with E-state index in [2.05, 4.69) is 35.0 Å². The average Bonchev–Trinajstić information content (AvgIpc) is 2.76. The molecule has 0 bridgehead atoms. The van der Waals surface area contributed by atoms with E-state index in [1.165, 1.54) is 5.69 Å². The van der Waals surface area contributed by atoms with E-state index in [4.69, 9.17) is 0 Å². The molecular formula is C15H19N3O. The number of aromatic nitrogens is 1. The molecular weight excluding hydrogens is 238 g/mol. The highest BCUT2D eigenvalue weighted by molar-refractivity contribution is 5.96. The molecule has 100 valence electrons. The van der Waals surface area contributed by atoms with E-state index in [9.17, 15) is 4.79 Å². The molecule has 2 heterocycles. The lowest BCUT2D eigenvalue weighted by molar-refractivity contribution is 0.111. The van der Waals surface area contributed by atoms with Gasteiger partial charge < -0.3 is 14.4 Å². The Kier molecular flexibility index (Phi) is 3.03. The highest BCUT2D eigenvalue weighted by Gasteiger charge is 2.18. The van der Waals surface area contributed by atoms with Crippen LogP contribution in [0.1, 0.15) is 10.5 Å². The molecule has 1 fully saturated rings. The zero-order valence-electron chi connectivity index (χ0n) is 11.5. The van der Waals surface area contributed by atoms with Crippen LogP contribution in [-0.2, 0) is 7.05 Å². The molecule has 1 aliphatic heterocycles. The van der Waals surface area contributed by atoms with Crippen LogP contribution < -0.4 is 4.90 Å². The van der Waals surface area contributed by atoms with Crippen LogP contribution in [0.4, 0.5) is 5.69 Å². The normalized spacial score (nSPS) is 17.1. The van der Waals surface area contributed by atoms with Gasteiger partial charge in [-0.25, -0.2) is 0 Å². The van der Waals surface area contributed by atoms with Crippen molar-refractivity contribution in [1.82, 2.24) is 9.47 Å². The van der Waals surface area contributed by atoms with Gasteiger partial charge in [0.05, 0.1) is 16.9 Å². The third kappa shape index (κ3) is 2.02. The van der Waals surface area contributed by atoms with E-state index in [1.807, 2.05) is 17.7 Å². The third-order valence-electron chi connectivity index (χ3n) is 4.04. The molecule has 19 heavy (non-hydrogen) atoms. The van der Waals surface area contributed by atoms with Crippen molar-refractivity contribution in [1.29, 1.82) is 0 Å². The molecule has 1 aromatic carbocycles. The molecule has 1 aliphatic rings. The second-order valence-electron chi connectivity index (χ2n) is 5.25. The molecule has 3 rings (SSSR count). The average molecular weight is 257 g/mol. The molecule has 4 nitrogen and oxygen atoms in total. The molecule has 0 amide bonds. The van der Waals surface area contributed by atoms with Gasteiger partial charge in [0.1, 0.15) is 0 Å². The summed E-state index contributed by atoms with van der Waals surface area (Å²) >= 11 is 0. The van der Waals surface area contributed by atoms with Crippen LogP contribution in [0.3, 0.4) is 0 Å². The molecule has 0 radical (unpaired) electrons. The number of piperazine rings is 1. The smallest absolute Gasteiger partial charge is 0.166 e. The summed E-state index contributed by atoms with van der Waals surface area (Å²) in [6.45, 7) is 4.25. The maximum atomic E-state index is 11.1. The summed E-state index contributed by atoms with van der Waals surface area (Å²) in [4.78, 5) is 15.8. The first-order chi connectivity index (χ1) is 9.20. The van der Waals surface area contributed by atoms with Crippen molar-refractivity contribution in [3.63, 3.8) is 0 Å². The van der Waals surface area contributed by atoms with Crippen molar-refractivity contribution in [2.45, 2.75) is 0 Å². The number of carbonyl (C=O) groups is 1. The molecule has 0 atom stereocenters. The Morgan fingerprint density at radius 1 is 1.11 bits per heavy atom. The summed E-state index contributed by atoms with van der Waals surface area (Å²) in [6.07, 6.45) is 0.924. The maximum absolute atomic E-state index is 11.1. The number of benzene rings is 1. The molecule has 0 spiro atoms. The predicted octanol–water partition coefficient (Wildman–Crippen LogP) is 1.74. The summed E-state index contributed by atoms with van der Waals surface area (Å²) in [7, 11) is 4.12. The third-order valence-corrected chi connectivity index (χ3v) is 4.04. The first-order valence-corrected chi connectivity index (χ1v) is 6.68. The Labute approximate surface area is 113 Å². The van der Waals surface area contributed by atoms with Crippen LogP contribution in [0.2, 0.25) is 0 Å². The molecule has 0 aliphatic carbocycles. The topological polar surface area (TPSA) is 28.5 Å². The maximum Gasteiger partial charge on any atom is 0.166 e. The van der Waals surface area contributed by atoms with Gasteiger partial charge in [0, 0.05) is 38.6 Å². The van der Waals surface area contributed by atoms with Crippen molar-refractivity contribution >= 4 is 22.9 Å². The van der Waals surface area contributed by atoms with E-state index >= 15 is 0 Å². The Morgan fingerprint density at radius 2 is 1.84 bits per heavy atom. The van der Waals surface area contributed by atoms with Crippen LogP contribution in [-0.4, -0.2) is 49.0 Å². The van der Waals surface area contributed by atoms with Gasteiger partial charge in [0.25, 0.3) is 0 Å².